The third-order valence-corrected chi connectivity index (χ3v) is 5.82. The number of hydrogen-bond acceptors (Lipinski definition) is 6. The Balaban J connectivity index is 1.42. The SMILES string of the molecule is Cc1nc(CNC(=O)C[C@H]2CC[C@@H](CNC(=O)c3ccc(F)cn3)N2C)cs1. The van der Waals surface area contributed by atoms with Crippen LogP contribution >= 0.6 is 11.3 Å². The van der Waals surface area contributed by atoms with Crippen LogP contribution in [0.25, 0.3) is 0 Å². The molecule has 3 heterocycles. The fraction of sp³-hybridized carbons (Fsp3) is 0.474. The smallest absolute Gasteiger partial charge is 0.269 e. The normalized spacial score (nSPS) is 19.5. The molecule has 9 heteroatoms. The van der Waals surface area contributed by atoms with Crippen molar-refractivity contribution in [2.24, 2.45) is 0 Å². The van der Waals surface area contributed by atoms with Gasteiger partial charge >= 0.3 is 0 Å². The zero-order valence-corrected chi connectivity index (χ0v) is 16.8. The van der Waals surface area contributed by atoms with Crippen molar-refractivity contribution in [2.75, 3.05) is 13.6 Å². The van der Waals surface area contributed by atoms with Crippen LogP contribution in [0, 0.1) is 12.7 Å². The van der Waals surface area contributed by atoms with E-state index in [1.807, 2.05) is 19.4 Å². The molecule has 0 radical (unpaired) electrons. The van der Waals surface area contributed by atoms with E-state index in [1.54, 1.807) is 11.3 Å². The molecule has 1 aliphatic heterocycles. The summed E-state index contributed by atoms with van der Waals surface area (Å²) in [5.41, 5.74) is 1.07. The molecule has 2 atom stereocenters. The van der Waals surface area contributed by atoms with Crippen LogP contribution in [0.2, 0.25) is 0 Å². The molecule has 2 N–H and O–H groups in total. The third-order valence-electron chi connectivity index (χ3n) is 5.00. The molecule has 2 amide bonds. The maximum atomic E-state index is 12.9. The summed E-state index contributed by atoms with van der Waals surface area (Å²) in [4.78, 5) is 34.6. The molecular formula is C19H24FN5O2S. The highest BCUT2D eigenvalue weighted by Gasteiger charge is 2.31. The van der Waals surface area contributed by atoms with Gasteiger partial charge in [0.05, 0.1) is 23.4 Å². The lowest BCUT2D eigenvalue weighted by Crippen LogP contribution is -2.42. The van der Waals surface area contributed by atoms with Crippen LogP contribution in [0.15, 0.2) is 23.7 Å². The molecule has 3 rings (SSSR count). The molecule has 1 saturated heterocycles. The van der Waals surface area contributed by atoms with Gasteiger partial charge in [0.15, 0.2) is 0 Å². The Hall–Kier alpha value is -2.39. The van der Waals surface area contributed by atoms with E-state index < -0.39 is 5.82 Å². The predicted octanol–water partition coefficient (Wildman–Crippen LogP) is 1.88. The van der Waals surface area contributed by atoms with Crippen molar-refractivity contribution in [1.82, 2.24) is 25.5 Å². The van der Waals surface area contributed by atoms with Gasteiger partial charge in [-0.15, -0.1) is 11.3 Å². The van der Waals surface area contributed by atoms with E-state index in [0.29, 0.717) is 19.5 Å². The van der Waals surface area contributed by atoms with Gasteiger partial charge in [0, 0.05) is 30.4 Å². The van der Waals surface area contributed by atoms with Crippen LogP contribution in [0.4, 0.5) is 4.39 Å². The van der Waals surface area contributed by atoms with Gasteiger partial charge in [-0.25, -0.2) is 14.4 Å². The number of hydrogen-bond donors (Lipinski definition) is 2. The van der Waals surface area contributed by atoms with Crippen LogP contribution in [0.3, 0.4) is 0 Å². The maximum Gasteiger partial charge on any atom is 0.269 e. The van der Waals surface area contributed by atoms with Gasteiger partial charge in [-0.2, -0.15) is 0 Å². The van der Waals surface area contributed by atoms with Crippen molar-refractivity contribution in [2.45, 2.75) is 44.8 Å². The van der Waals surface area contributed by atoms with E-state index in [4.69, 9.17) is 0 Å². The number of carbonyl (C=O) groups excluding carboxylic acids is 2. The van der Waals surface area contributed by atoms with Crippen molar-refractivity contribution in [3.63, 3.8) is 0 Å². The Bertz CT molecular complexity index is 826. The Morgan fingerprint density at radius 2 is 2.07 bits per heavy atom. The lowest BCUT2D eigenvalue weighted by molar-refractivity contribution is -0.122. The number of aromatic nitrogens is 2. The standard InChI is InChI=1S/C19H24FN5O2S/c1-12-24-14(11-28-12)9-22-18(26)7-15-4-5-16(25(15)2)10-23-19(27)17-6-3-13(20)8-21-17/h3,6,8,11,15-16H,4-5,7,9-10H2,1-2H3,(H,22,26)(H,23,27)/t15-,16+/m1/s1. The minimum absolute atomic E-state index is 0.00250. The zero-order valence-electron chi connectivity index (χ0n) is 15.9. The van der Waals surface area contributed by atoms with Gasteiger partial charge < -0.3 is 10.6 Å². The monoisotopic (exact) mass is 405 g/mol. The number of likely N-dealkylation sites (tertiary alicyclic amines) is 1. The number of amides is 2. The number of likely N-dealkylation sites (N-methyl/N-ethyl adjacent to an activating group) is 1. The van der Waals surface area contributed by atoms with Gasteiger partial charge in [0.2, 0.25) is 5.91 Å². The second-order valence-electron chi connectivity index (χ2n) is 6.96. The molecule has 2 aromatic heterocycles. The summed E-state index contributed by atoms with van der Waals surface area (Å²) >= 11 is 1.57. The molecule has 0 unspecified atom stereocenters. The number of nitrogens with zero attached hydrogens (tertiary/aromatic N) is 3. The van der Waals surface area contributed by atoms with Gasteiger partial charge in [0.1, 0.15) is 11.5 Å². The minimum Gasteiger partial charge on any atom is -0.350 e. The summed E-state index contributed by atoms with van der Waals surface area (Å²) in [5, 5.41) is 8.70. The largest absolute Gasteiger partial charge is 0.350 e. The third kappa shape index (κ3) is 5.32. The summed E-state index contributed by atoms with van der Waals surface area (Å²) in [6.45, 7) is 2.85. The van der Waals surface area contributed by atoms with Gasteiger partial charge in [0.25, 0.3) is 5.91 Å². The molecule has 0 aromatic carbocycles. The number of carbonyl (C=O) groups is 2. The molecule has 150 valence electrons. The van der Waals surface area contributed by atoms with E-state index in [1.165, 1.54) is 12.1 Å². The van der Waals surface area contributed by atoms with E-state index in [9.17, 15) is 14.0 Å². The summed E-state index contributed by atoms with van der Waals surface area (Å²) in [7, 11) is 1.97. The highest BCUT2D eigenvalue weighted by atomic mass is 32.1. The van der Waals surface area contributed by atoms with E-state index in [0.717, 1.165) is 29.7 Å². The zero-order chi connectivity index (χ0) is 20.1. The Labute approximate surface area is 167 Å². The molecule has 28 heavy (non-hydrogen) atoms. The number of halogens is 1. The van der Waals surface area contributed by atoms with Crippen molar-refractivity contribution >= 4 is 23.2 Å². The maximum absolute atomic E-state index is 12.9. The Morgan fingerprint density at radius 1 is 1.29 bits per heavy atom. The second-order valence-corrected chi connectivity index (χ2v) is 8.02. The Kier molecular flexibility index (Phi) is 6.69. The molecule has 7 nitrogen and oxygen atoms in total. The molecule has 2 aromatic rings. The number of aryl methyl sites for hydroxylation is 1. The van der Waals surface area contributed by atoms with Gasteiger partial charge in [-0.1, -0.05) is 0 Å². The number of thiazole rings is 1. The molecule has 0 bridgehead atoms. The minimum atomic E-state index is -0.474. The first-order chi connectivity index (χ1) is 13.4. The molecule has 1 aliphatic rings. The first-order valence-corrected chi connectivity index (χ1v) is 10.1. The van der Waals surface area contributed by atoms with Crippen molar-refractivity contribution in [1.29, 1.82) is 0 Å². The van der Waals surface area contributed by atoms with Gasteiger partial charge in [-0.3, -0.25) is 14.5 Å². The molecule has 1 fully saturated rings. The molecular weight excluding hydrogens is 381 g/mol. The fourth-order valence-corrected chi connectivity index (χ4v) is 3.97. The van der Waals surface area contributed by atoms with Crippen LogP contribution in [0.1, 0.15) is 40.5 Å². The van der Waals surface area contributed by atoms with Crippen molar-refractivity contribution < 1.29 is 14.0 Å². The highest BCUT2D eigenvalue weighted by molar-refractivity contribution is 7.09. The number of nitrogens with one attached hydrogen (secondary N) is 2. The van der Waals surface area contributed by atoms with Crippen molar-refractivity contribution in [3.8, 4) is 0 Å². The summed E-state index contributed by atoms with van der Waals surface area (Å²) in [5.74, 6) is -0.797. The quantitative estimate of drug-likeness (QED) is 0.735. The summed E-state index contributed by atoms with van der Waals surface area (Å²) in [6.07, 6.45) is 3.24. The fourth-order valence-electron chi connectivity index (χ4n) is 3.36. The number of rotatable bonds is 7. The van der Waals surface area contributed by atoms with Crippen LogP contribution < -0.4 is 10.6 Å². The lowest BCUT2D eigenvalue weighted by Gasteiger charge is -2.25. The van der Waals surface area contributed by atoms with Crippen LogP contribution in [0.5, 0.6) is 0 Å². The van der Waals surface area contributed by atoms with E-state index in [2.05, 4.69) is 25.5 Å². The predicted molar refractivity (Wildman–Crippen MR) is 104 cm³/mol. The molecule has 0 saturated carbocycles. The average Bonchev–Trinajstić information content (AvgIpc) is 3.25. The summed E-state index contributed by atoms with van der Waals surface area (Å²) in [6, 6.07) is 2.87. The lowest BCUT2D eigenvalue weighted by atomic mass is 10.1. The molecule has 0 aliphatic carbocycles. The Morgan fingerprint density at radius 3 is 2.75 bits per heavy atom. The second kappa shape index (κ2) is 9.20. The van der Waals surface area contributed by atoms with Gasteiger partial charge in [-0.05, 0) is 38.9 Å². The van der Waals surface area contributed by atoms with E-state index >= 15 is 0 Å². The van der Waals surface area contributed by atoms with Crippen molar-refractivity contribution in [3.05, 3.63) is 45.9 Å². The summed E-state index contributed by atoms with van der Waals surface area (Å²) < 4.78 is 12.9. The molecule has 0 spiro atoms. The first kappa shape index (κ1) is 20.3. The van der Waals surface area contributed by atoms with Crippen LogP contribution in [-0.4, -0.2) is 52.4 Å². The number of pyridine rings is 1. The first-order valence-electron chi connectivity index (χ1n) is 9.21. The van der Waals surface area contributed by atoms with Crippen LogP contribution in [-0.2, 0) is 11.3 Å². The topological polar surface area (TPSA) is 87.2 Å². The highest BCUT2D eigenvalue weighted by Crippen LogP contribution is 2.24. The average molecular weight is 405 g/mol. The van der Waals surface area contributed by atoms with E-state index in [-0.39, 0.29) is 29.6 Å².